The van der Waals surface area contributed by atoms with E-state index in [1.54, 1.807) is 0 Å². The summed E-state index contributed by atoms with van der Waals surface area (Å²) in [5.41, 5.74) is -1.84. The lowest BCUT2D eigenvalue weighted by atomic mass is 10.0. The molecule has 0 radical (unpaired) electrons. The Morgan fingerprint density at radius 1 is 1.32 bits per heavy atom. The zero-order valence-electron chi connectivity index (χ0n) is 9.47. The number of rotatable bonds is 4. The number of Topliss-reactive ketones (excluding diaryl/α,β-unsaturated/α-hetero) is 1. The highest BCUT2D eigenvalue weighted by Crippen LogP contribution is 2.43. The Labute approximate surface area is 113 Å². The van der Waals surface area contributed by atoms with Crippen molar-refractivity contribution < 1.29 is 31.5 Å². The monoisotopic (exact) mass is 346 g/mol. The van der Waals surface area contributed by atoms with Crippen LogP contribution in [0.3, 0.4) is 0 Å². The van der Waals surface area contributed by atoms with E-state index in [2.05, 4.69) is 20.7 Å². The van der Waals surface area contributed by atoms with Crippen LogP contribution in [-0.4, -0.2) is 12.4 Å². The van der Waals surface area contributed by atoms with Crippen molar-refractivity contribution in [2.24, 2.45) is 0 Å². The first kappa shape index (κ1) is 15.9. The van der Waals surface area contributed by atoms with E-state index in [4.69, 9.17) is 0 Å². The van der Waals surface area contributed by atoms with Crippen LogP contribution in [-0.2, 0) is 11.0 Å². The molecule has 1 atom stereocenters. The number of carbonyl (C=O) groups is 1. The molecule has 0 fully saturated rings. The normalized spacial score (nSPS) is 13.5. The number of benzene rings is 1. The summed E-state index contributed by atoms with van der Waals surface area (Å²) in [4.78, 5) is 9.91. The van der Waals surface area contributed by atoms with Crippen LogP contribution in [0.15, 0.2) is 18.2 Å². The molecule has 0 heterocycles. The molecule has 0 bridgehead atoms. The molecule has 0 spiro atoms. The molecule has 0 amide bonds. The third-order valence-electron chi connectivity index (χ3n) is 2.19. The lowest BCUT2D eigenvalue weighted by molar-refractivity contribution is -0.142. The van der Waals surface area contributed by atoms with Crippen molar-refractivity contribution in [3.63, 3.8) is 0 Å². The maximum absolute atomic E-state index is 12.9. The van der Waals surface area contributed by atoms with Gasteiger partial charge in [0, 0.05) is 0 Å². The highest BCUT2D eigenvalue weighted by molar-refractivity contribution is 9.09. The minimum atomic E-state index is -4.91. The summed E-state index contributed by atoms with van der Waals surface area (Å²) in [6, 6.07) is 2.92. The number of carbonyl (C=O) groups excluding carboxylic acids is 1. The average Bonchev–Trinajstić information content (AvgIpc) is 2.25. The third kappa shape index (κ3) is 3.89. The molecule has 0 aliphatic carbocycles. The molecule has 0 N–H and O–H groups in total. The van der Waals surface area contributed by atoms with E-state index in [0.29, 0.717) is 0 Å². The van der Waals surface area contributed by atoms with Crippen molar-refractivity contribution in [3.05, 3.63) is 29.3 Å². The zero-order valence-corrected chi connectivity index (χ0v) is 11.1. The van der Waals surface area contributed by atoms with Crippen LogP contribution in [0.4, 0.5) is 22.0 Å². The minimum Gasteiger partial charge on any atom is -0.434 e. The third-order valence-corrected chi connectivity index (χ3v) is 3.33. The van der Waals surface area contributed by atoms with E-state index in [0.717, 1.165) is 25.1 Å². The number of hydrogen-bond donors (Lipinski definition) is 0. The molecule has 2 nitrogen and oxygen atoms in total. The van der Waals surface area contributed by atoms with Gasteiger partial charge < -0.3 is 4.74 Å². The second-order valence-corrected chi connectivity index (χ2v) is 4.49. The van der Waals surface area contributed by atoms with Gasteiger partial charge in [0.2, 0.25) is 0 Å². The topological polar surface area (TPSA) is 26.3 Å². The van der Waals surface area contributed by atoms with Crippen LogP contribution in [0.2, 0.25) is 0 Å². The van der Waals surface area contributed by atoms with Gasteiger partial charge in [-0.2, -0.15) is 22.0 Å². The lowest BCUT2D eigenvalue weighted by Crippen LogP contribution is -2.16. The van der Waals surface area contributed by atoms with Crippen LogP contribution < -0.4 is 4.74 Å². The standard InChI is InChI=1S/C11H8BrF5O2/c1-5(18)9(12)6-3-2-4-7(19-10(13)14)8(6)11(15,16)17/h2-4,9-10H,1H3. The Morgan fingerprint density at radius 3 is 2.32 bits per heavy atom. The molecule has 0 aliphatic heterocycles. The summed E-state index contributed by atoms with van der Waals surface area (Å²) in [6.45, 7) is -2.30. The molecule has 1 rings (SSSR count). The molecular weight excluding hydrogens is 339 g/mol. The van der Waals surface area contributed by atoms with E-state index in [1.165, 1.54) is 0 Å². The highest BCUT2D eigenvalue weighted by Gasteiger charge is 2.39. The molecule has 19 heavy (non-hydrogen) atoms. The van der Waals surface area contributed by atoms with Gasteiger partial charge in [-0.1, -0.05) is 28.1 Å². The van der Waals surface area contributed by atoms with E-state index < -0.39 is 40.3 Å². The molecule has 1 aromatic carbocycles. The lowest BCUT2D eigenvalue weighted by Gasteiger charge is -2.19. The molecule has 0 aromatic heterocycles. The minimum absolute atomic E-state index is 0.460. The van der Waals surface area contributed by atoms with Crippen LogP contribution in [0.25, 0.3) is 0 Å². The Balaban J connectivity index is 3.43. The summed E-state index contributed by atoms with van der Waals surface area (Å²) in [6.07, 6.45) is -4.91. The first-order valence-corrected chi connectivity index (χ1v) is 5.85. The van der Waals surface area contributed by atoms with Crippen molar-refractivity contribution >= 4 is 21.7 Å². The van der Waals surface area contributed by atoms with Gasteiger partial charge in [0.1, 0.15) is 17.1 Å². The maximum atomic E-state index is 12.9. The summed E-state index contributed by atoms with van der Waals surface area (Å²) in [5.74, 6) is -1.59. The number of ether oxygens (including phenoxy) is 1. The van der Waals surface area contributed by atoms with Crippen molar-refractivity contribution in [1.29, 1.82) is 0 Å². The number of hydrogen-bond acceptors (Lipinski definition) is 2. The van der Waals surface area contributed by atoms with E-state index >= 15 is 0 Å². The largest absolute Gasteiger partial charge is 0.434 e. The van der Waals surface area contributed by atoms with Gasteiger partial charge in [-0.25, -0.2) is 0 Å². The van der Waals surface area contributed by atoms with Crippen LogP contribution in [0.1, 0.15) is 22.9 Å². The second kappa shape index (κ2) is 5.85. The second-order valence-electron chi connectivity index (χ2n) is 3.57. The van der Waals surface area contributed by atoms with Crippen molar-refractivity contribution in [1.82, 2.24) is 0 Å². The Bertz CT molecular complexity index is 473. The smallest absolute Gasteiger partial charge is 0.420 e. The Morgan fingerprint density at radius 2 is 1.89 bits per heavy atom. The van der Waals surface area contributed by atoms with Gasteiger partial charge in [-0.05, 0) is 18.6 Å². The van der Waals surface area contributed by atoms with Crippen LogP contribution in [0.5, 0.6) is 5.75 Å². The number of ketones is 1. The molecule has 1 unspecified atom stereocenters. The first-order valence-electron chi connectivity index (χ1n) is 4.94. The molecule has 106 valence electrons. The van der Waals surface area contributed by atoms with Gasteiger partial charge in [0.25, 0.3) is 0 Å². The molecule has 8 heteroatoms. The summed E-state index contributed by atoms with van der Waals surface area (Å²) < 4.78 is 66.9. The van der Waals surface area contributed by atoms with Gasteiger partial charge >= 0.3 is 12.8 Å². The van der Waals surface area contributed by atoms with E-state index in [1.807, 2.05) is 0 Å². The quantitative estimate of drug-likeness (QED) is 0.599. The van der Waals surface area contributed by atoms with Gasteiger partial charge in [-0.3, -0.25) is 4.79 Å². The highest BCUT2D eigenvalue weighted by atomic mass is 79.9. The van der Waals surface area contributed by atoms with Crippen LogP contribution in [0, 0.1) is 0 Å². The SMILES string of the molecule is CC(=O)C(Br)c1cccc(OC(F)F)c1C(F)(F)F. The van der Waals surface area contributed by atoms with Crippen molar-refractivity contribution in [2.75, 3.05) is 0 Å². The molecule has 0 saturated carbocycles. The predicted octanol–water partition coefficient (Wildman–Crippen LogP) is 4.33. The van der Waals surface area contributed by atoms with Crippen LogP contribution >= 0.6 is 15.9 Å². The predicted molar refractivity (Wildman–Crippen MR) is 60.4 cm³/mol. The zero-order chi connectivity index (χ0) is 14.8. The van der Waals surface area contributed by atoms with Crippen molar-refractivity contribution in [2.45, 2.75) is 24.5 Å². The van der Waals surface area contributed by atoms with Gasteiger partial charge in [0.05, 0.1) is 4.83 Å². The summed E-state index contributed by atoms with van der Waals surface area (Å²) >= 11 is 2.80. The Kier molecular flexibility index (Phi) is 4.89. The first-order chi connectivity index (χ1) is 8.64. The molecule has 0 saturated heterocycles. The van der Waals surface area contributed by atoms with Gasteiger partial charge in [-0.15, -0.1) is 0 Å². The fourth-order valence-electron chi connectivity index (χ4n) is 1.48. The number of halogens is 6. The fraction of sp³-hybridized carbons (Fsp3) is 0.364. The summed E-state index contributed by atoms with van der Waals surface area (Å²) in [7, 11) is 0. The maximum Gasteiger partial charge on any atom is 0.420 e. The van der Waals surface area contributed by atoms with Crippen molar-refractivity contribution in [3.8, 4) is 5.75 Å². The molecule has 0 aliphatic rings. The number of alkyl halides is 6. The molecular formula is C11H8BrF5O2. The average molecular weight is 347 g/mol. The van der Waals surface area contributed by atoms with E-state index in [-0.39, 0.29) is 0 Å². The van der Waals surface area contributed by atoms with E-state index in [9.17, 15) is 26.7 Å². The fourth-order valence-corrected chi connectivity index (χ4v) is 1.86. The summed E-state index contributed by atoms with van der Waals surface area (Å²) in [5, 5.41) is 0. The molecule has 1 aromatic rings. The van der Waals surface area contributed by atoms with Gasteiger partial charge in [0.15, 0.2) is 0 Å². The Hall–Kier alpha value is -1.18.